The lowest BCUT2D eigenvalue weighted by molar-refractivity contribution is -0.147. The Kier molecular flexibility index (Phi) is 20.1. The number of aromatic nitrogens is 1. The van der Waals surface area contributed by atoms with E-state index in [0.717, 1.165) is 21.6 Å². The topological polar surface area (TPSA) is 279 Å². The Morgan fingerprint density at radius 3 is 1.93 bits per heavy atom. The summed E-state index contributed by atoms with van der Waals surface area (Å²) >= 11 is 0. The first kappa shape index (κ1) is 56.3. The SMILES string of the molecule is COc1cc2c(cc1OCCCOc1nc3c(cc1OC)CN(C(=O)CCC(=O)O)C3)CN(C(=O)CCC(=O)OCc1ccc(NC(=O)[C@H](C)NC(=O)C(NC(=O)CCCCCN3C(=O)C=CC3=O)C(C)C)cc1)C2. The largest absolute Gasteiger partial charge is 0.493 e. The molecule has 0 radical (unpaired) electrons. The second-order valence-electron chi connectivity index (χ2n) is 18.7. The maximum atomic E-state index is 13.2. The van der Waals surface area contributed by atoms with E-state index in [4.69, 9.17) is 28.8 Å². The number of fused-ring (bicyclic) bond motifs is 2. The van der Waals surface area contributed by atoms with Crippen molar-refractivity contribution in [3.63, 3.8) is 0 Å². The molecule has 6 rings (SSSR count). The van der Waals surface area contributed by atoms with Crippen LogP contribution in [0.15, 0.2) is 54.6 Å². The van der Waals surface area contributed by atoms with Gasteiger partial charge in [0.25, 0.3) is 17.7 Å². The maximum absolute atomic E-state index is 13.2. The number of amides is 7. The summed E-state index contributed by atoms with van der Waals surface area (Å²) in [7, 11) is 3.02. The van der Waals surface area contributed by atoms with Gasteiger partial charge in [0.05, 0.1) is 52.5 Å². The van der Waals surface area contributed by atoms with E-state index in [1.165, 1.54) is 33.3 Å². The molecule has 7 amide bonds. The zero-order chi connectivity index (χ0) is 54.2. The molecule has 3 aromatic rings. The molecule has 3 aliphatic rings. The van der Waals surface area contributed by atoms with E-state index in [1.807, 2.05) is 12.1 Å². The molecule has 22 nitrogen and oxygen atoms in total. The van der Waals surface area contributed by atoms with Gasteiger partial charge in [0.1, 0.15) is 18.7 Å². The number of esters is 1. The number of nitrogens with one attached hydrogen (secondary N) is 3. The predicted molar refractivity (Wildman–Crippen MR) is 268 cm³/mol. The van der Waals surface area contributed by atoms with Crippen molar-refractivity contribution >= 4 is 59.0 Å². The van der Waals surface area contributed by atoms with Crippen molar-refractivity contribution in [3.05, 3.63) is 82.6 Å². The third-order valence-electron chi connectivity index (χ3n) is 12.7. The van der Waals surface area contributed by atoms with Crippen LogP contribution in [0.5, 0.6) is 23.1 Å². The molecule has 402 valence electrons. The van der Waals surface area contributed by atoms with E-state index in [1.54, 1.807) is 54.0 Å². The van der Waals surface area contributed by atoms with Crippen LogP contribution in [0.2, 0.25) is 0 Å². The van der Waals surface area contributed by atoms with E-state index >= 15 is 0 Å². The molecule has 2 aromatic carbocycles. The fourth-order valence-corrected chi connectivity index (χ4v) is 8.40. The number of ether oxygens (including phenoxy) is 5. The smallest absolute Gasteiger partial charge is 0.306 e. The monoisotopic (exact) mass is 1040 g/mol. The van der Waals surface area contributed by atoms with Gasteiger partial charge in [-0.05, 0) is 78.3 Å². The van der Waals surface area contributed by atoms with Crippen molar-refractivity contribution in [3.8, 4) is 23.1 Å². The van der Waals surface area contributed by atoms with Gasteiger partial charge < -0.3 is 54.5 Å². The number of pyridine rings is 1. The summed E-state index contributed by atoms with van der Waals surface area (Å²) < 4.78 is 28.5. The number of carboxylic acids is 1. The Labute approximate surface area is 434 Å². The van der Waals surface area contributed by atoms with E-state index < -0.39 is 35.8 Å². The molecule has 4 heterocycles. The van der Waals surface area contributed by atoms with Crippen LogP contribution < -0.4 is 34.9 Å². The van der Waals surface area contributed by atoms with Gasteiger partial charge in [0.2, 0.25) is 29.5 Å². The Morgan fingerprint density at radius 1 is 0.667 bits per heavy atom. The third kappa shape index (κ3) is 16.0. The fourth-order valence-electron chi connectivity index (χ4n) is 8.40. The molecule has 0 fully saturated rings. The lowest BCUT2D eigenvalue weighted by Crippen LogP contribution is -2.53. The minimum Gasteiger partial charge on any atom is -0.493 e. The summed E-state index contributed by atoms with van der Waals surface area (Å²) in [6.45, 7) is 7.01. The highest BCUT2D eigenvalue weighted by molar-refractivity contribution is 6.12. The highest BCUT2D eigenvalue weighted by Gasteiger charge is 2.30. The van der Waals surface area contributed by atoms with Gasteiger partial charge in [0, 0.05) is 69.7 Å². The van der Waals surface area contributed by atoms with Crippen molar-refractivity contribution in [1.82, 2.24) is 30.3 Å². The number of imide groups is 1. The minimum absolute atomic E-state index is 0.0574. The molecule has 0 saturated carbocycles. The number of carbonyl (C=O) groups is 9. The van der Waals surface area contributed by atoms with Gasteiger partial charge in [-0.25, -0.2) is 4.98 Å². The summed E-state index contributed by atoms with van der Waals surface area (Å²) in [6.07, 6.45) is 4.22. The molecule has 0 spiro atoms. The Hall–Kier alpha value is -8.04. The molecule has 3 aliphatic heterocycles. The molecule has 0 saturated heterocycles. The van der Waals surface area contributed by atoms with Crippen LogP contribution in [0.3, 0.4) is 0 Å². The standard InChI is InChI=1S/C53H65N7O15/c1-32(2)50(57-43(61)10-7-6-8-21-60-46(64)15-16-47(60)65)52(70)54-33(3)51(69)55-38-13-11-34(12-14-38)31-75-49(68)20-18-45(63)58-27-35-24-40(71-4)41(25-36(35)28-58)73-22-9-23-74-53-42(72-5)26-37-29-59(30-39(37)56-53)44(62)17-19-48(66)67/h11-16,24-26,32-33,50H,6-10,17-23,27-31H2,1-5H3,(H,54,70)(H,55,69)(H,57,61)(H,66,67)/t33-,50?/m0/s1. The number of hydrogen-bond acceptors (Lipinski definition) is 15. The second kappa shape index (κ2) is 26.8. The lowest BCUT2D eigenvalue weighted by Gasteiger charge is -2.24. The molecule has 22 heteroatoms. The Bertz CT molecular complexity index is 2640. The highest BCUT2D eigenvalue weighted by Crippen LogP contribution is 2.36. The first-order valence-corrected chi connectivity index (χ1v) is 24.9. The number of benzene rings is 2. The van der Waals surface area contributed by atoms with Crippen LogP contribution in [-0.4, -0.2) is 124 Å². The minimum atomic E-state index is -1.03. The average molecular weight is 1040 g/mol. The number of unbranched alkanes of at least 4 members (excludes halogenated alkanes) is 2. The number of rotatable bonds is 28. The first-order valence-electron chi connectivity index (χ1n) is 24.9. The van der Waals surface area contributed by atoms with Gasteiger partial charge in [0.15, 0.2) is 17.2 Å². The highest BCUT2D eigenvalue weighted by atomic mass is 16.5. The summed E-state index contributed by atoms with van der Waals surface area (Å²) in [5.74, 6) is -2.70. The van der Waals surface area contributed by atoms with Crippen molar-refractivity contribution in [1.29, 1.82) is 0 Å². The molecule has 1 unspecified atom stereocenters. The molecular formula is C53H65N7O15. The Balaban J connectivity index is 0.860. The predicted octanol–water partition coefficient (Wildman–Crippen LogP) is 4.09. The number of anilines is 1. The normalized spacial score (nSPS) is 14.2. The molecule has 1 aromatic heterocycles. The van der Waals surface area contributed by atoms with E-state index in [0.29, 0.717) is 79.5 Å². The lowest BCUT2D eigenvalue weighted by atomic mass is 10.0. The summed E-state index contributed by atoms with van der Waals surface area (Å²) in [5, 5.41) is 17.1. The fraction of sp³-hybridized carbons (Fsp3) is 0.472. The van der Waals surface area contributed by atoms with Crippen LogP contribution in [0.4, 0.5) is 5.69 Å². The number of hydrogen-bond donors (Lipinski definition) is 4. The molecular weight excluding hydrogens is 975 g/mol. The van der Waals surface area contributed by atoms with Crippen LogP contribution in [0, 0.1) is 5.92 Å². The summed E-state index contributed by atoms with van der Waals surface area (Å²) in [5.41, 5.74) is 4.31. The summed E-state index contributed by atoms with van der Waals surface area (Å²) in [4.78, 5) is 120. The average Bonchev–Trinajstić information content (AvgIpc) is 4.10. The van der Waals surface area contributed by atoms with Gasteiger partial charge in [-0.2, -0.15) is 0 Å². The molecule has 0 aliphatic carbocycles. The van der Waals surface area contributed by atoms with Gasteiger partial charge in [-0.1, -0.05) is 32.4 Å². The number of methoxy groups -OCH3 is 2. The van der Waals surface area contributed by atoms with Gasteiger partial charge in [-0.3, -0.25) is 48.1 Å². The van der Waals surface area contributed by atoms with Crippen LogP contribution in [-0.2, 0) is 80.7 Å². The first-order chi connectivity index (χ1) is 35.9. The van der Waals surface area contributed by atoms with E-state index in [9.17, 15) is 43.2 Å². The number of nitrogens with zero attached hydrogens (tertiary/aromatic N) is 4. The zero-order valence-electron chi connectivity index (χ0n) is 42.9. The van der Waals surface area contributed by atoms with Crippen molar-refractivity contribution in [2.24, 2.45) is 5.92 Å². The molecule has 0 bridgehead atoms. The number of carbonyl (C=O) groups excluding carboxylic acids is 8. The van der Waals surface area contributed by atoms with Crippen molar-refractivity contribution < 1.29 is 71.9 Å². The quantitative estimate of drug-likeness (QED) is 0.0453. The number of carboxylic acid groups (broad SMARTS) is 1. The van der Waals surface area contributed by atoms with Crippen molar-refractivity contribution in [2.75, 3.05) is 39.3 Å². The molecule has 4 N–H and O–H groups in total. The van der Waals surface area contributed by atoms with Crippen LogP contribution in [0.1, 0.15) is 107 Å². The van der Waals surface area contributed by atoms with Crippen LogP contribution in [0.25, 0.3) is 0 Å². The molecule has 75 heavy (non-hydrogen) atoms. The van der Waals surface area contributed by atoms with Gasteiger partial charge in [-0.15, -0.1) is 0 Å². The summed E-state index contributed by atoms with van der Waals surface area (Å²) in [6, 6.07) is 10.2. The maximum Gasteiger partial charge on any atom is 0.306 e. The number of aliphatic carboxylic acids is 1. The van der Waals surface area contributed by atoms with Crippen LogP contribution >= 0.6 is 0 Å². The Morgan fingerprint density at radius 2 is 1.28 bits per heavy atom. The van der Waals surface area contributed by atoms with Crippen molar-refractivity contribution in [2.45, 2.75) is 123 Å². The third-order valence-corrected chi connectivity index (χ3v) is 12.7. The van der Waals surface area contributed by atoms with E-state index in [2.05, 4.69) is 20.9 Å². The molecule has 2 atom stereocenters. The van der Waals surface area contributed by atoms with E-state index in [-0.39, 0.29) is 106 Å². The zero-order valence-corrected chi connectivity index (χ0v) is 42.9. The van der Waals surface area contributed by atoms with Gasteiger partial charge >= 0.3 is 11.9 Å². The second-order valence-corrected chi connectivity index (χ2v) is 18.7.